The summed E-state index contributed by atoms with van der Waals surface area (Å²) in [5.41, 5.74) is 5.71. The summed E-state index contributed by atoms with van der Waals surface area (Å²) in [6.07, 6.45) is 3.80. The lowest BCUT2D eigenvalue weighted by Gasteiger charge is -2.34. The second kappa shape index (κ2) is 13.2. The van der Waals surface area contributed by atoms with Crippen molar-refractivity contribution in [2.75, 3.05) is 13.1 Å². The third-order valence-corrected chi connectivity index (χ3v) is 6.71. The van der Waals surface area contributed by atoms with Gasteiger partial charge in [0.25, 0.3) is 0 Å². The maximum absolute atomic E-state index is 13.0. The van der Waals surface area contributed by atoms with Crippen molar-refractivity contribution in [2.45, 2.75) is 66.3 Å². The number of benzene rings is 2. The summed E-state index contributed by atoms with van der Waals surface area (Å²) < 4.78 is 0.963. The van der Waals surface area contributed by atoms with Crippen LogP contribution < -0.4 is 4.73 Å². The first-order valence-corrected chi connectivity index (χ1v) is 13.5. The van der Waals surface area contributed by atoms with Gasteiger partial charge < -0.3 is 10.1 Å². The first-order valence-electron chi connectivity index (χ1n) is 13.5. The molecule has 2 aromatic heterocycles. The number of nitrogens with zero attached hydrogens (tertiary/aromatic N) is 3. The molecule has 0 radical (unpaired) electrons. The van der Waals surface area contributed by atoms with E-state index in [0.29, 0.717) is 17.7 Å². The molecule has 0 amide bonds. The molecule has 0 spiro atoms. The van der Waals surface area contributed by atoms with E-state index in [0.717, 1.165) is 63.9 Å². The molecular weight excluding hydrogens is 442 g/mol. The summed E-state index contributed by atoms with van der Waals surface area (Å²) >= 11 is 0. The molecule has 0 aliphatic carbocycles. The van der Waals surface area contributed by atoms with Crippen LogP contribution in [0.15, 0.2) is 79.0 Å². The Bertz CT molecular complexity index is 1210. The Kier molecular flexibility index (Phi) is 10.0. The van der Waals surface area contributed by atoms with Crippen molar-refractivity contribution in [3.63, 3.8) is 0 Å². The molecule has 0 bridgehead atoms. The van der Waals surface area contributed by atoms with Gasteiger partial charge in [0.05, 0.1) is 0 Å². The molecular formula is C32H41N3O. The van der Waals surface area contributed by atoms with Crippen molar-refractivity contribution in [3.8, 4) is 22.4 Å². The van der Waals surface area contributed by atoms with Gasteiger partial charge in [0.1, 0.15) is 5.52 Å². The molecule has 1 fully saturated rings. The Balaban J connectivity index is 0.000000861. The number of fused-ring (bicyclic) bond motifs is 1. The van der Waals surface area contributed by atoms with Gasteiger partial charge in [-0.15, -0.1) is 0 Å². The lowest BCUT2D eigenvalue weighted by Crippen LogP contribution is -2.38. The largest absolute Gasteiger partial charge is 0.618 e. The van der Waals surface area contributed by atoms with Crippen LogP contribution in [-0.4, -0.2) is 29.0 Å². The molecule has 4 nitrogen and oxygen atoms in total. The predicted molar refractivity (Wildman–Crippen MR) is 153 cm³/mol. The maximum Gasteiger partial charge on any atom is 0.250 e. The molecule has 190 valence electrons. The Morgan fingerprint density at radius 3 is 1.94 bits per heavy atom. The van der Waals surface area contributed by atoms with Crippen molar-refractivity contribution in [2.24, 2.45) is 0 Å². The fourth-order valence-electron chi connectivity index (χ4n) is 4.88. The third-order valence-electron chi connectivity index (χ3n) is 6.71. The van der Waals surface area contributed by atoms with Crippen LogP contribution in [-0.2, 0) is 0 Å². The first-order chi connectivity index (χ1) is 17.6. The Hall–Kier alpha value is -3.24. The lowest BCUT2D eigenvalue weighted by molar-refractivity contribution is -0.592. The third kappa shape index (κ3) is 5.93. The average molecular weight is 484 g/mol. The molecule has 0 N–H and O–H groups in total. The Labute approximate surface area is 217 Å². The quantitative estimate of drug-likeness (QED) is 0.219. The van der Waals surface area contributed by atoms with Crippen LogP contribution in [0.5, 0.6) is 0 Å². The predicted octanol–water partition coefficient (Wildman–Crippen LogP) is 7.84. The van der Waals surface area contributed by atoms with E-state index in [9.17, 15) is 5.21 Å². The van der Waals surface area contributed by atoms with Gasteiger partial charge in [0.2, 0.25) is 5.69 Å². The number of pyridine rings is 2. The van der Waals surface area contributed by atoms with Crippen LogP contribution in [0.25, 0.3) is 33.3 Å². The highest BCUT2D eigenvalue weighted by Gasteiger charge is 2.26. The molecule has 3 heterocycles. The Morgan fingerprint density at radius 2 is 1.39 bits per heavy atom. The lowest BCUT2D eigenvalue weighted by atomic mass is 9.89. The fourth-order valence-corrected chi connectivity index (χ4v) is 4.88. The fraction of sp³-hybridized carbons (Fsp3) is 0.375. The molecule has 0 unspecified atom stereocenters. The second-order valence-electron chi connectivity index (χ2n) is 8.98. The summed E-state index contributed by atoms with van der Waals surface area (Å²) in [6, 6.07) is 25.1. The zero-order valence-corrected chi connectivity index (χ0v) is 22.7. The van der Waals surface area contributed by atoms with Gasteiger partial charge in [-0.3, -0.25) is 0 Å². The number of rotatable bonds is 4. The Morgan fingerprint density at radius 1 is 0.833 bits per heavy atom. The van der Waals surface area contributed by atoms with Gasteiger partial charge >= 0.3 is 0 Å². The van der Waals surface area contributed by atoms with Crippen LogP contribution in [0.2, 0.25) is 0 Å². The maximum atomic E-state index is 13.0. The van der Waals surface area contributed by atoms with E-state index in [4.69, 9.17) is 4.98 Å². The van der Waals surface area contributed by atoms with Crippen molar-refractivity contribution >= 4 is 10.9 Å². The van der Waals surface area contributed by atoms with Gasteiger partial charge in [0, 0.05) is 34.7 Å². The van der Waals surface area contributed by atoms with Crippen LogP contribution in [0, 0.1) is 5.21 Å². The minimum atomic E-state index is 0.404. The SMILES string of the molecule is CC.CC.CC(C)N1CCC(c2cc(-c3ccccc3)c3cc[n+]([O-])c(-c4ccccc4)c3n2)CC1. The van der Waals surface area contributed by atoms with Crippen LogP contribution >= 0.6 is 0 Å². The molecule has 4 aromatic rings. The molecule has 0 saturated carbocycles. The normalized spacial score (nSPS) is 14.1. The van der Waals surface area contributed by atoms with Crippen LogP contribution in [0.4, 0.5) is 0 Å². The van der Waals surface area contributed by atoms with Gasteiger partial charge in [0.15, 0.2) is 6.20 Å². The summed E-state index contributed by atoms with van der Waals surface area (Å²) in [5.74, 6) is 0.404. The summed E-state index contributed by atoms with van der Waals surface area (Å²) in [4.78, 5) is 7.69. The minimum Gasteiger partial charge on any atom is -0.618 e. The number of hydrogen-bond acceptors (Lipinski definition) is 3. The smallest absolute Gasteiger partial charge is 0.250 e. The van der Waals surface area contributed by atoms with Crippen molar-refractivity contribution in [3.05, 3.63) is 89.9 Å². The van der Waals surface area contributed by atoms with Crippen molar-refractivity contribution in [1.82, 2.24) is 9.88 Å². The monoisotopic (exact) mass is 483 g/mol. The van der Waals surface area contributed by atoms with Crippen LogP contribution in [0.3, 0.4) is 0 Å². The molecule has 4 heteroatoms. The standard InChI is InChI=1S/C28H29N3O.2C2H6/c1-20(2)30-16-13-22(14-17-30)26-19-25(21-9-5-3-6-10-21)24-15-18-31(32)28(27(24)29-26)23-11-7-4-8-12-23;2*1-2/h3-12,15,18-20,22H,13-14,16-17H2,1-2H3;2*1-2H3. The molecule has 1 saturated heterocycles. The highest BCUT2D eigenvalue weighted by atomic mass is 16.5. The molecule has 1 aliphatic rings. The number of aromatic nitrogens is 2. The minimum absolute atomic E-state index is 0.404. The highest BCUT2D eigenvalue weighted by Crippen LogP contribution is 2.36. The molecule has 36 heavy (non-hydrogen) atoms. The molecule has 2 aromatic carbocycles. The van der Waals surface area contributed by atoms with E-state index in [-0.39, 0.29) is 0 Å². The number of likely N-dealkylation sites (tertiary alicyclic amines) is 1. The van der Waals surface area contributed by atoms with Gasteiger partial charge in [-0.1, -0.05) is 76.2 Å². The molecule has 0 atom stereocenters. The molecule has 1 aliphatic heterocycles. The van der Waals surface area contributed by atoms with E-state index in [1.807, 2.05) is 70.2 Å². The topological polar surface area (TPSA) is 43.1 Å². The van der Waals surface area contributed by atoms with E-state index in [1.54, 1.807) is 6.20 Å². The highest BCUT2D eigenvalue weighted by molar-refractivity contribution is 5.99. The first kappa shape index (κ1) is 27.3. The van der Waals surface area contributed by atoms with E-state index in [2.05, 4.69) is 49.1 Å². The van der Waals surface area contributed by atoms with E-state index < -0.39 is 0 Å². The van der Waals surface area contributed by atoms with Crippen molar-refractivity contribution < 1.29 is 4.73 Å². The van der Waals surface area contributed by atoms with Gasteiger partial charge in [-0.05, 0) is 69.1 Å². The zero-order chi connectivity index (χ0) is 26.1. The number of piperidine rings is 1. The second-order valence-corrected chi connectivity index (χ2v) is 8.98. The van der Waals surface area contributed by atoms with Crippen molar-refractivity contribution in [1.29, 1.82) is 0 Å². The summed E-state index contributed by atoms with van der Waals surface area (Å²) in [6.45, 7) is 14.7. The zero-order valence-electron chi connectivity index (χ0n) is 22.7. The summed E-state index contributed by atoms with van der Waals surface area (Å²) in [7, 11) is 0. The van der Waals surface area contributed by atoms with Gasteiger partial charge in [-0.25, -0.2) is 4.98 Å². The number of hydrogen-bond donors (Lipinski definition) is 0. The van der Waals surface area contributed by atoms with E-state index in [1.165, 1.54) is 0 Å². The molecule has 5 rings (SSSR count). The average Bonchev–Trinajstić information content (AvgIpc) is 2.95. The van der Waals surface area contributed by atoms with E-state index >= 15 is 0 Å². The van der Waals surface area contributed by atoms with Gasteiger partial charge in [-0.2, -0.15) is 4.73 Å². The van der Waals surface area contributed by atoms with Crippen LogP contribution in [0.1, 0.15) is 66.0 Å². The summed E-state index contributed by atoms with van der Waals surface area (Å²) in [5, 5.41) is 14.0.